The first-order valence-corrected chi connectivity index (χ1v) is 5.98. The Balaban J connectivity index is 2.42. The Morgan fingerprint density at radius 3 is 2.17 bits per heavy atom. The van der Waals surface area contributed by atoms with Gasteiger partial charge in [-0.2, -0.15) is 13.2 Å². The van der Waals surface area contributed by atoms with Crippen molar-refractivity contribution in [3.63, 3.8) is 0 Å². The lowest BCUT2D eigenvalue weighted by atomic mass is 10.1. The number of benzene rings is 1. The van der Waals surface area contributed by atoms with Crippen LogP contribution in [0.4, 0.5) is 26.3 Å². The van der Waals surface area contributed by atoms with Gasteiger partial charge < -0.3 is 4.74 Å². The van der Waals surface area contributed by atoms with Gasteiger partial charge in [0, 0.05) is 17.3 Å². The Bertz CT molecular complexity index is 707. The second kappa shape index (κ2) is 5.90. The van der Waals surface area contributed by atoms with E-state index < -0.39 is 23.9 Å². The standard InChI is InChI=1S/C14H7F6NO2/c15-13(16,17)10-1-2-12(21-6-10)9-3-8(7-22)4-11(5-9)23-14(18,19)20/h1-7H. The number of hydrogen-bond acceptors (Lipinski definition) is 3. The van der Waals surface area contributed by atoms with Gasteiger partial charge in [-0.1, -0.05) is 0 Å². The molecule has 0 bridgehead atoms. The normalized spacial score (nSPS) is 12.1. The molecule has 0 N–H and O–H groups in total. The number of alkyl halides is 6. The van der Waals surface area contributed by atoms with Crippen molar-refractivity contribution in [2.75, 3.05) is 0 Å². The van der Waals surface area contributed by atoms with Crippen LogP contribution in [0.15, 0.2) is 36.5 Å². The van der Waals surface area contributed by atoms with Gasteiger partial charge in [0.05, 0.1) is 11.3 Å². The number of ether oxygens (including phenoxy) is 1. The molecule has 0 aliphatic rings. The molecule has 1 heterocycles. The second-order valence-corrected chi connectivity index (χ2v) is 4.39. The number of rotatable bonds is 3. The van der Waals surface area contributed by atoms with Gasteiger partial charge in [-0.15, -0.1) is 13.2 Å². The predicted octanol–water partition coefficient (Wildman–Crippen LogP) is 4.48. The van der Waals surface area contributed by atoms with E-state index in [-0.39, 0.29) is 23.1 Å². The fraction of sp³-hybridized carbons (Fsp3) is 0.143. The van der Waals surface area contributed by atoms with Crippen LogP contribution in [-0.2, 0) is 6.18 Å². The monoisotopic (exact) mass is 335 g/mol. The first kappa shape index (κ1) is 16.8. The van der Waals surface area contributed by atoms with Crippen LogP contribution in [0.5, 0.6) is 5.75 Å². The average Bonchev–Trinajstić information content (AvgIpc) is 2.44. The molecule has 0 spiro atoms. The number of carbonyl (C=O) groups is 1. The number of carbonyl (C=O) groups excluding carboxylic acids is 1. The fourth-order valence-corrected chi connectivity index (χ4v) is 1.76. The van der Waals surface area contributed by atoms with E-state index in [0.717, 1.165) is 24.3 Å². The summed E-state index contributed by atoms with van der Waals surface area (Å²) >= 11 is 0. The van der Waals surface area contributed by atoms with Crippen molar-refractivity contribution in [2.45, 2.75) is 12.5 Å². The largest absolute Gasteiger partial charge is 0.573 e. The molecule has 0 saturated carbocycles. The molecule has 23 heavy (non-hydrogen) atoms. The van der Waals surface area contributed by atoms with Gasteiger partial charge in [0.2, 0.25) is 0 Å². The molecular weight excluding hydrogens is 328 g/mol. The molecule has 1 aromatic heterocycles. The third-order valence-electron chi connectivity index (χ3n) is 2.69. The molecule has 0 saturated heterocycles. The van der Waals surface area contributed by atoms with E-state index in [1.807, 2.05) is 0 Å². The van der Waals surface area contributed by atoms with Gasteiger partial charge >= 0.3 is 12.5 Å². The lowest BCUT2D eigenvalue weighted by Crippen LogP contribution is -2.17. The topological polar surface area (TPSA) is 39.2 Å². The molecule has 1 aromatic carbocycles. The molecule has 0 atom stereocenters. The van der Waals surface area contributed by atoms with E-state index >= 15 is 0 Å². The molecule has 0 unspecified atom stereocenters. The highest BCUT2D eigenvalue weighted by Gasteiger charge is 2.32. The Morgan fingerprint density at radius 2 is 1.70 bits per heavy atom. The summed E-state index contributed by atoms with van der Waals surface area (Å²) in [5.74, 6) is -0.668. The molecule has 2 aromatic rings. The van der Waals surface area contributed by atoms with E-state index in [0.29, 0.717) is 6.20 Å². The van der Waals surface area contributed by atoms with Crippen LogP contribution in [0.25, 0.3) is 11.3 Å². The summed E-state index contributed by atoms with van der Waals surface area (Å²) < 4.78 is 77.8. The minimum atomic E-state index is -4.97. The van der Waals surface area contributed by atoms with Gasteiger partial charge in [-0.3, -0.25) is 9.78 Å². The molecule has 0 fully saturated rings. The van der Waals surface area contributed by atoms with Crippen molar-refractivity contribution in [2.24, 2.45) is 0 Å². The third kappa shape index (κ3) is 4.44. The Kier molecular flexibility index (Phi) is 4.31. The molecule has 122 valence electrons. The van der Waals surface area contributed by atoms with E-state index in [4.69, 9.17) is 0 Å². The van der Waals surface area contributed by atoms with E-state index in [1.54, 1.807) is 0 Å². The van der Waals surface area contributed by atoms with Crippen molar-refractivity contribution in [1.82, 2.24) is 4.98 Å². The molecule has 0 radical (unpaired) electrons. The minimum absolute atomic E-state index is 0.0163. The van der Waals surface area contributed by atoms with E-state index in [1.165, 1.54) is 6.07 Å². The third-order valence-corrected chi connectivity index (χ3v) is 2.69. The highest BCUT2D eigenvalue weighted by atomic mass is 19.4. The number of pyridine rings is 1. The summed E-state index contributed by atoms with van der Waals surface area (Å²) in [6.07, 6.45) is -8.71. The molecule has 0 amide bonds. The fourth-order valence-electron chi connectivity index (χ4n) is 1.76. The first-order chi connectivity index (χ1) is 10.6. The van der Waals surface area contributed by atoms with Crippen LogP contribution in [0.3, 0.4) is 0 Å². The molecule has 3 nitrogen and oxygen atoms in total. The second-order valence-electron chi connectivity index (χ2n) is 4.39. The smallest absolute Gasteiger partial charge is 0.406 e. The molecule has 2 rings (SSSR count). The minimum Gasteiger partial charge on any atom is -0.406 e. The van der Waals surface area contributed by atoms with Crippen LogP contribution >= 0.6 is 0 Å². The summed E-state index contributed by atoms with van der Waals surface area (Å²) in [5.41, 5.74) is -1.15. The van der Waals surface area contributed by atoms with Crippen LogP contribution in [-0.4, -0.2) is 17.6 Å². The van der Waals surface area contributed by atoms with Crippen LogP contribution in [0.1, 0.15) is 15.9 Å². The molecular formula is C14H7F6NO2. The summed E-state index contributed by atoms with van der Waals surface area (Å²) in [7, 11) is 0. The summed E-state index contributed by atoms with van der Waals surface area (Å²) in [6.45, 7) is 0. The maximum absolute atomic E-state index is 12.5. The highest BCUT2D eigenvalue weighted by Crippen LogP contribution is 2.31. The number of nitrogens with zero attached hydrogens (tertiary/aromatic N) is 1. The summed E-state index contributed by atoms with van der Waals surface area (Å²) in [6, 6.07) is 4.69. The Hall–Kier alpha value is -2.58. The molecule has 0 aliphatic carbocycles. The maximum atomic E-state index is 12.5. The van der Waals surface area contributed by atoms with Crippen LogP contribution < -0.4 is 4.74 Å². The maximum Gasteiger partial charge on any atom is 0.573 e. The zero-order valence-electron chi connectivity index (χ0n) is 11.1. The first-order valence-electron chi connectivity index (χ1n) is 5.98. The SMILES string of the molecule is O=Cc1cc(OC(F)(F)F)cc(-c2ccc(C(F)(F)F)cn2)c1. The van der Waals surface area contributed by atoms with E-state index in [2.05, 4.69) is 9.72 Å². The highest BCUT2D eigenvalue weighted by molar-refractivity contribution is 5.79. The van der Waals surface area contributed by atoms with Crippen molar-refractivity contribution in [3.05, 3.63) is 47.7 Å². The number of aldehydes is 1. The van der Waals surface area contributed by atoms with Gasteiger partial charge in [0.25, 0.3) is 0 Å². The van der Waals surface area contributed by atoms with Gasteiger partial charge in [-0.05, 0) is 30.3 Å². The summed E-state index contributed by atoms with van der Waals surface area (Å²) in [4.78, 5) is 14.3. The quantitative estimate of drug-likeness (QED) is 0.613. The number of hydrogen-bond donors (Lipinski definition) is 0. The lowest BCUT2D eigenvalue weighted by molar-refractivity contribution is -0.274. The van der Waals surface area contributed by atoms with E-state index in [9.17, 15) is 31.1 Å². The van der Waals surface area contributed by atoms with Crippen LogP contribution in [0.2, 0.25) is 0 Å². The zero-order valence-corrected chi connectivity index (χ0v) is 11.1. The number of aromatic nitrogens is 1. The zero-order chi connectivity index (χ0) is 17.3. The number of halogens is 6. The molecule has 9 heteroatoms. The van der Waals surface area contributed by atoms with Crippen molar-refractivity contribution in [3.8, 4) is 17.0 Å². The van der Waals surface area contributed by atoms with Gasteiger partial charge in [0.1, 0.15) is 12.0 Å². The van der Waals surface area contributed by atoms with Gasteiger partial charge in [-0.25, -0.2) is 0 Å². The average molecular weight is 335 g/mol. The van der Waals surface area contributed by atoms with Crippen molar-refractivity contribution in [1.29, 1.82) is 0 Å². The van der Waals surface area contributed by atoms with Crippen molar-refractivity contribution >= 4 is 6.29 Å². The Labute approximate surface area is 125 Å². The predicted molar refractivity (Wildman–Crippen MR) is 66.7 cm³/mol. The Morgan fingerprint density at radius 1 is 1.00 bits per heavy atom. The summed E-state index contributed by atoms with van der Waals surface area (Å²) in [5, 5.41) is 0. The van der Waals surface area contributed by atoms with Crippen LogP contribution in [0, 0.1) is 0 Å². The van der Waals surface area contributed by atoms with Gasteiger partial charge in [0.15, 0.2) is 0 Å². The van der Waals surface area contributed by atoms with Crippen molar-refractivity contribution < 1.29 is 35.9 Å². The molecule has 0 aliphatic heterocycles. The lowest BCUT2D eigenvalue weighted by Gasteiger charge is -2.11.